The van der Waals surface area contributed by atoms with Gasteiger partial charge >= 0.3 is 0 Å². The minimum Gasteiger partial charge on any atom is -0.297 e. The lowest BCUT2D eigenvalue weighted by Crippen LogP contribution is -2.30. The van der Waals surface area contributed by atoms with Crippen LogP contribution in [0.3, 0.4) is 0 Å². The molecule has 0 aliphatic carbocycles. The summed E-state index contributed by atoms with van der Waals surface area (Å²) in [5.74, 6) is -0.653. The van der Waals surface area contributed by atoms with Crippen molar-refractivity contribution < 1.29 is 9.59 Å². The molecule has 1 aliphatic rings. The van der Waals surface area contributed by atoms with Crippen LogP contribution in [-0.2, 0) is 11.3 Å². The number of carbonyl (C=O) groups is 2. The molecule has 0 atom stereocenters. The Hall–Kier alpha value is -2.27. The Bertz CT molecular complexity index is 710. The minimum absolute atomic E-state index is 0.128. The summed E-state index contributed by atoms with van der Waals surface area (Å²) < 4.78 is 0. The number of anilines is 1. The molecule has 1 aromatic carbocycles. The summed E-state index contributed by atoms with van der Waals surface area (Å²) in [6.45, 7) is 1.92. The molecule has 0 N–H and O–H groups in total. The van der Waals surface area contributed by atoms with Gasteiger partial charge in [0.1, 0.15) is 11.0 Å². The highest BCUT2D eigenvalue weighted by atomic mass is 35.5. The first-order valence-electron chi connectivity index (χ1n) is 6.01. The van der Waals surface area contributed by atoms with E-state index in [0.717, 1.165) is 0 Å². The summed E-state index contributed by atoms with van der Waals surface area (Å²) in [5.41, 5.74) is 1.71. The highest BCUT2D eigenvalue weighted by Crippen LogP contribution is 2.29. The van der Waals surface area contributed by atoms with Crippen LogP contribution in [0.4, 0.5) is 5.69 Å². The fourth-order valence-electron chi connectivity index (χ4n) is 2.21. The molecule has 100 valence electrons. The number of para-hydroxylation sites is 1. The van der Waals surface area contributed by atoms with Gasteiger partial charge in [0.15, 0.2) is 0 Å². The Balaban J connectivity index is 1.99. The molecule has 0 bridgehead atoms. The fourth-order valence-corrected chi connectivity index (χ4v) is 2.46. The summed E-state index contributed by atoms with van der Waals surface area (Å²) in [6, 6.07) is 8.51. The molecule has 1 amide bonds. The predicted octanol–water partition coefficient (Wildman–Crippen LogP) is 2.17. The third-order valence-electron chi connectivity index (χ3n) is 3.05. The van der Waals surface area contributed by atoms with Crippen molar-refractivity contribution in [1.82, 2.24) is 9.97 Å². The third kappa shape index (κ3) is 2.06. The van der Waals surface area contributed by atoms with Gasteiger partial charge < -0.3 is 0 Å². The fraction of sp³-hybridized carbons (Fsp3) is 0.143. The van der Waals surface area contributed by atoms with Gasteiger partial charge in [-0.05, 0) is 25.1 Å². The summed E-state index contributed by atoms with van der Waals surface area (Å²) in [6.07, 6.45) is 0. The number of amides is 1. The monoisotopic (exact) mass is 287 g/mol. The maximum absolute atomic E-state index is 12.0. The molecule has 1 aliphatic heterocycles. The van der Waals surface area contributed by atoms with Gasteiger partial charge in [-0.25, -0.2) is 9.97 Å². The molecular weight excluding hydrogens is 278 g/mol. The molecule has 0 radical (unpaired) electrons. The maximum atomic E-state index is 12.0. The Kier molecular flexibility index (Phi) is 2.99. The summed E-state index contributed by atoms with van der Waals surface area (Å²) in [7, 11) is 0. The van der Waals surface area contributed by atoms with Crippen molar-refractivity contribution >= 4 is 29.0 Å². The number of nitrogens with zero attached hydrogens (tertiary/aromatic N) is 3. The van der Waals surface area contributed by atoms with E-state index in [0.29, 0.717) is 27.9 Å². The zero-order valence-corrected chi connectivity index (χ0v) is 11.4. The molecule has 0 unspecified atom stereocenters. The number of aryl methyl sites for hydroxylation is 1. The largest absolute Gasteiger partial charge is 0.299 e. The van der Waals surface area contributed by atoms with E-state index in [1.165, 1.54) is 4.90 Å². The third-order valence-corrected chi connectivity index (χ3v) is 3.24. The topological polar surface area (TPSA) is 63.2 Å². The molecule has 2 aromatic rings. The highest BCUT2D eigenvalue weighted by molar-refractivity contribution is 6.52. The van der Waals surface area contributed by atoms with Crippen molar-refractivity contribution in [1.29, 1.82) is 0 Å². The van der Waals surface area contributed by atoms with Crippen LogP contribution >= 0.6 is 11.6 Å². The van der Waals surface area contributed by atoms with Gasteiger partial charge in [-0.3, -0.25) is 14.5 Å². The number of carbonyl (C=O) groups excluding carboxylic acids is 2. The lowest BCUT2D eigenvalue weighted by Gasteiger charge is -2.15. The first-order valence-corrected chi connectivity index (χ1v) is 6.39. The number of benzene rings is 1. The highest BCUT2D eigenvalue weighted by Gasteiger charge is 2.35. The second-order valence-electron chi connectivity index (χ2n) is 4.49. The average Bonchev–Trinajstić information content (AvgIpc) is 2.64. The van der Waals surface area contributed by atoms with Crippen molar-refractivity contribution in [2.45, 2.75) is 13.5 Å². The molecule has 20 heavy (non-hydrogen) atoms. The Morgan fingerprint density at radius 1 is 1.20 bits per heavy atom. The summed E-state index contributed by atoms with van der Waals surface area (Å²) in [4.78, 5) is 33.6. The van der Waals surface area contributed by atoms with Crippen molar-refractivity contribution in [2.75, 3.05) is 4.90 Å². The lowest BCUT2D eigenvalue weighted by atomic mass is 10.1. The van der Waals surface area contributed by atoms with E-state index >= 15 is 0 Å². The number of rotatable bonds is 2. The first-order chi connectivity index (χ1) is 9.56. The van der Waals surface area contributed by atoms with E-state index in [4.69, 9.17) is 11.6 Å². The van der Waals surface area contributed by atoms with Crippen molar-refractivity contribution in [2.24, 2.45) is 0 Å². The Morgan fingerprint density at radius 3 is 2.70 bits per heavy atom. The zero-order valence-electron chi connectivity index (χ0n) is 10.6. The first kappa shape index (κ1) is 12.7. The van der Waals surface area contributed by atoms with Crippen LogP contribution in [0.25, 0.3) is 0 Å². The van der Waals surface area contributed by atoms with Gasteiger partial charge in [0.2, 0.25) is 0 Å². The minimum atomic E-state index is -0.563. The van der Waals surface area contributed by atoms with Gasteiger partial charge in [-0.1, -0.05) is 23.7 Å². The molecule has 0 saturated carbocycles. The SMILES string of the molecule is Cc1cc(Cl)nc(CN2C(=O)C(=O)c3ccccc32)n1. The molecule has 0 fully saturated rings. The molecule has 0 saturated heterocycles. The second kappa shape index (κ2) is 4.68. The molecule has 5 nitrogen and oxygen atoms in total. The zero-order chi connectivity index (χ0) is 14.3. The molecule has 3 rings (SSSR count). The number of halogens is 1. The second-order valence-corrected chi connectivity index (χ2v) is 4.87. The normalized spacial score (nSPS) is 13.8. The van der Waals surface area contributed by atoms with Gasteiger partial charge in [0.25, 0.3) is 11.7 Å². The van der Waals surface area contributed by atoms with Crippen molar-refractivity contribution in [3.63, 3.8) is 0 Å². The van der Waals surface area contributed by atoms with Gasteiger partial charge in [0, 0.05) is 5.69 Å². The van der Waals surface area contributed by atoms with Gasteiger partial charge in [0.05, 0.1) is 17.8 Å². The smallest absolute Gasteiger partial charge is 0.297 e. The summed E-state index contributed by atoms with van der Waals surface area (Å²) >= 11 is 5.88. The van der Waals surface area contributed by atoms with Crippen LogP contribution in [-0.4, -0.2) is 21.7 Å². The summed E-state index contributed by atoms with van der Waals surface area (Å²) in [5, 5.41) is 0.318. The predicted molar refractivity (Wildman–Crippen MR) is 73.7 cm³/mol. The molecular formula is C14H10ClN3O2. The van der Waals surface area contributed by atoms with E-state index in [1.54, 1.807) is 37.3 Å². The standard InChI is InChI=1S/C14H10ClN3O2/c1-8-6-11(15)17-12(16-8)7-18-10-5-3-2-4-9(10)13(19)14(18)20/h2-6H,7H2,1H3. The molecule has 0 spiro atoms. The number of ketones is 1. The maximum Gasteiger partial charge on any atom is 0.299 e. The number of aromatic nitrogens is 2. The molecule has 1 aromatic heterocycles. The van der Waals surface area contributed by atoms with Crippen LogP contribution in [0.1, 0.15) is 21.9 Å². The van der Waals surface area contributed by atoms with E-state index in [-0.39, 0.29) is 6.54 Å². The number of Topliss-reactive ketones (excluding diaryl/α,β-unsaturated/α-hetero) is 1. The van der Waals surface area contributed by atoms with Gasteiger partial charge in [-0.2, -0.15) is 0 Å². The van der Waals surface area contributed by atoms with Crippen LogP contribution in [0, 0.1) is 6.92 Å². The lowest BCUT2D eigenvalue weighted by molar-refractivity contribution is -0.114. The average molecular weight is 288 g/mol. The van der Waals surface area contributed by atoms with E-state index < -0.39 is 11.7 Å². The van der Waals surface area contributed by atoms with E-state index in [9.17, 15) is 9.59 Å². The van der Waals surface area contributed by atoms with E-state index in [2.05, 4.69) is 9.97 Å². The van der Waals surface area contributed by atoms with Crippen molar-refractivity contribution in [3.05, 3.63) is 52.6 Å². The number of hydrogen-bond acceptors (Lipinski definition) is 4. The Labute approximate surface area is 120 Å². The molecule has 6 heteroatoms. The van der Waals surface area contributed by atoms with E-state index in [1.807, 2.05) is 0 Å². The number of hydrogen-bond donors (Lipinski definition) is 0. The van der Waals surface area contributed by atoms with Crippen LogP contribution < -0.4 is 4.90 Å². The number of fused-ring (bicyclic) bond motifs is 1. The molecule has 2 heterocycles. The Morgan fingerprint density at radius 2 is 1.95 bits per heavy atom. The van der Waals surface area contributed by atoms with Crippen LogP contribution in [0.5, 0.6) is 0 Å². The quantitative estimate of drug-likeness (QED) is 0.627. The van der Waals surface area contributed by atoms with Gasteiger partial charge in [-0.15, -0.1) is 0 Å². The van der Waals surface area contributed by atoms with Crippen LogP contribution in [0.15, 0.2) is 30.3 Å². The van der Waals surface area contributed by atoms with Crippen LogP contribution in [0.2, 0.25) is 5.15 Å². The van der Waals surface area contributed by atoms with Crippen molar-refractivity contribution in [3.8, 4) is 0 Å².